The minimum Gasteiger partial charge on any atom is -0.492 e. The molecular weight excluding hydrogens is 350 g/mol. The third kappa shape index (κ3) is 2.57. The molecule has 1 N–H and O–H groups in total. The topological polar surface area (TPSA) is 21.3 Å². The normalized spacial score (nSPS) is 24.7. The second-order valence-corrected chi connectivity index (χ2v) is 7.10. The molecule has 118 valence electrons. The van der Waals surface area contributed by atoms with E-state index in [1.165, 1.54) is 11.1 Å². The first-order chi connectivity index (χ1) is 11.3. The molecule has 0 fully saturated rings. The van der Waals surface area contributed by atoms with Crippen molar-refractivity contribution in [3.63, 3.8) is 0 Å². The van der Waals surface area contributed by atoms with Gasteiger partial charge >= 0.3 is 0 Å². The Bertz CT molecular complexity index is 755. The summed E-state index contributed by atoms with van der Waals surface area (Å²) in [6.45, 7) is 2.72. The van der Waals surface area contributed by atoms with Crippen LogP contribution in [0.5, 0.6) is 5.75 Å². The predicted octanol–water partition coefficient (Wildman–Crippen LogP) is 5.67. The lowest BCUT2D eigenvalue weighted by Gasteiger charge is -2.38. The molecule has 0 aromatic heterocycles. The van der Waals surface area contributed by atoms with Gasteiger partial charge in [-0.25, -0.2) is 0 Å². The Labute approximate surface area is 145 Å². The molecule has 2 aliphatic rings. The summed E-state index contributed by atoms with van der Waals surface area (Å²) in [6, 6.07) is 15.3. The van der Waals surface area contributed by atoms with Crippen LogP contribution in [0.15, 0.2) is 59.1 Å². The highest BCUT2D eigenvalue weighted by atomic mass is 79.9. The molecule has 1 aliphatic carbocycles. The lowest BCUT2D eigenvalue weighted by Crippen LogP contribution is -2.29. The lowest BCUT2D eigenvalue weighted by molar-refractivity contribution is 0.337. The van der Waals surface area contributed by atoms with E-state index in [2.05, 4.69) is 75.9 Å². The maximum atomic E-state index is 5.86. The van der Waals surface area contributed by atoms with Gasteiger partial charge in [-0.1, -0.05) is 52.3 Å². The minimum absolute atomic E-state index is 0.307. The van der Waals surface area contributed by atoms with Crippen molar-refractivity contribution in [3.05, 3.63) is 70.2 Å². The monoisotopic (exact) mass is 369 g/mol. The molecule has 2 aromatic carbocycles. The molecule has 2 aromatic rings. The van der Waals surface area contributed by atoms with Gasteiger partial charge < -0.3 is 10.1 Å². The van der Waals surface area contributed by atoms with Gasteiger partial charge in [-0.15, -0.1) is 0 Å². The number of hydrogen-bond acceptors (Lipinski definition) is 2. The second-order valence-electron chi connectivity index (χ2n) is 6.18. The van der Waals surface area contributed by atoms with Gasteiger partial charge in [-0.3, -0.25) is 0 Å². The van der Waals surface area contributed by atoms with Crippen molar-refractivity contribution in [3.8, 4) is 5.75 Å². The summed E-state index contributed by atoms with van der Waals surface area (Å²) in [7, 11) is 0. The van der Waals surface area contributed by atoms with Gasteiger partial charge in [0, 0.05) is 10.4 Å². The third-order valence-electron chi connectivity index (χ3n) is 4.87. The highest BCUT2D eigenvalue weighted by molar-refractivity contribution is 9.10. The number of ether oxygens (including phenoxy) is 1. The minimum atomic E-state index is 0.307. The SMILES string of the molecule is CCOc1cccc2c1N[C@H](c1cccc(Br)c1)[C@H]1CC=C[C@H]21. The van der Waals surface area contributed by atoms with Crippen molar-refractivity contribution in [1.82, 2.24) is 0 Å². The van der Waals surface area contributed by atoms with E-state index in [4.69, 9.17) is 4.74 Å². The largest absolute Gasteiger partial charge is 0.492 e. The molecule has 0 saturated heterocycles. The van der Waals surface area contributed by atoms with Crippen molar-refractivity contribution in [2.75, 3.05) is 11.9 Å². The summed E-state index contributed by atoms with van der Waals surface area (Å²) >= 11 is 3.60. The average molecular weight is 370 g/mol. The van der Waals surface area contributed by atoms with E-state index in [-0.39, 0.29) is 0 Å². The fourth-order valence-electron chi connectivity index (χ4n) is 3.90. The van der Waals surface area contributed by atoms with Crippen LogP contribution in [0.4, 0.5) is 5.69 Å². The maximum absolute atomic E-state index is 5.86. The zero-order chi connectivity index (χ0) is 15.8. The lowest BCUT2D eigenvalue weighted by atomic mass is 9.77. The number of rotatable bonds is 3. The molecule has 0 bridgehead atoms. The number of fused-ring (bicyclic) bond motifs is 3. The van der Waals surface area contributed by atoms with Gasteiger partial charge in [0.1, 0.15) is 5.75 Å². The van der Waals surface area contributed by atoms with Crippen LogP contribution < -0.4 is 10.1 Å². The first-order valence-electron chi connectivity index (χ1n) is 8.22. The smallest absolute Gasteiger partial charge is 0.142 e. The highest BCUT2D eigenvalue weighted by Crippen LogP contribution is 2.52. The van der Waals surface area contributed by atoms with Gasteiger partial charge in [0.15, 0.2) is 0 Å². The van der Waals surface area contributed by atoms with Crippen LogP contribution in [0.1, 0.15) is 36.4 Å². The van der Waals surface area contributed by atoms with Crippen molar-refractivity contribution in [2.24, 2.45) is 5.92 Å². The summed E-state index contributed by atoms with van der Waals surface area (Å²) in [5.74, 6) is 1.99. The van der Waals surface area contributed by atoms with Crippen molar-refractivity contribution in [1.29, 1.82) is 0 Å². The molecule has 3 atom stereocenters. The number of nitrogens with one attached hydrogen (secondary N) is 1. The molecule has 1 heterocycles. The van der Waals surface area contributed by atoms with E-state index in [9.17, 15) is 0 Å². The zero-order valence-electron chi connectivity index (χ0n) is 13.1. The van der Waals surface area contributed by atoms with E-state index in [1.54, 1.807) is 0 Å². The first-order valence-corrected chi connectivity index (χ1v) is 9.01. The van der Waals surface area contributed by atoms with E-state index >= 15 is 0 Å². The molecule has 23 heavy (non-hydrogen) atoms. The Balaban J connectivity index is 1.80. The standard InChI is InChI=1S/C20H20BrNO/c1-2-23-18-11-5-10-17-15-8-4-9-16(15)19(22-20(17)18)13-6-3-7-14(21)12-13/h3-8,10-12,15-16,19,22H,2,9H2,1H3/t15-,16-,19+/m0/s1. The maximum Gasteiger partial charge on any atom is 0.142 e. The predicted molar refractivity (Wildman–Crippen MR) is 98.1 cm³/mol. The number of halogens is 1. The molecule has 0 spiro atoms. The van der Waals surface area contributed by atoms with Crippen LogP contribution in [-0.4, -0.2) is 6.61 Å². The zero-order valence-corrected chi connectivity index (χ0v) is 14.7. The van der Waals surface area contributed by atoms with E-state index in [0.717, 1.165) is 22.3 Å². The number of hydrogen-bond donors (Lipinski definition) is 1. The fourth-order valence-corrected chi connectivity index (χ4v) is 4.32. The summed E-state index contributed by atoms with van der Waals surface area (Å²) in [5, 5.41) is 3.78. The van der Waals surface area contributed by atoms with Gasteiger partial charge in [0.05, 0.1) is 18.3 Å². The Morgan fingerprint density at radius 3 is 2.91 bits per heavy atom. The van der Waals surface area contributed by atoms with E-state index < -0.39 is 0 Å². The number of para-hydroxylation sites is 1. The van der Waals surface area contributed by atoms with Crippen LogP contribution in [0.2, 0.25) is 0 Å². The van der Waals surface area contributed by atoms with Gasteiger partial charge in [-0.2, -0.15) is 0 Å². The Hall–Kier alpha value is -1.74. The Morgan fingerprint density at radius 1 is 1.22 bits per heavy atom. The van der Waals surface area contributed by atoms with E-state index in [0.29, 0.717) is 24.5 Å². The molecule has 0 amide bonds. The van der Waals surface area contributed by atoms with Crippen LogP contribution in [0.25, 0.3) is 0 Å². The fraction of sp³-hybridized carbons (Fsp3) is 0.300. The van der Waals surface area contributed by atoms with Crippen molar-refractivity contribution >= 4 is 21.6 Å². The summed E-state index contributed by atoms with van der Waals surface area (Å²) in [4.78, 5) is 0. The summed E-state index contributed by atoms with van der Waals surface area (Å²) in [5.41, 5.74) is 3.85. The molecule has 2 nitrogen and oxygen atoms in total. The summed E-state index contributed by atoms with van der Waals surface area (Å²) in [6.07, 6.45) is 5.81. The molecule has 0 saturated carbocycles. The second kappa shape index (κ2) is 6.04. The van der Waals surface area contributed by atoms with Crippen molar-refractivity contribution < 1.29 is 4.74 Å². The Morgan fingerprint density at radius 2 is 2.09 bits per heavy atom. The average Bonchev–Trinajstić information content (AvgIpc) is 3.04. The Kier molecular flexibility index (Phi) is 3.90. The molecule has 1 aliphatic heterocycles. The van der Waals surface area contributed by atoms with Gasteiger partial charge in [-0.05, 0) is 48.6 Å². The number of anilines is 1. The van der Waals surface area contributed by atoms with Gasteiger partial charge in [0.25, 0.3) is 0 Å². The third-order valence-corrected chi connectivity index (χ3v) is 5.36. The molecule has 3 heteroatoms. The van der Waals surface area contributed by atoms with Crippen molar-refractivity contribution in [2.45, 2.75) is 25.3 Å². The summed E-state index contributed by atoms with van der Waals surface area (Å²) < 4.78 is 6.99. The molecular formula is C20H20BrNO. The number of benzene rings is 2. The molecule has 4 rings (SSSR count). The van der Waals surface area contributed by atoms with Crippen LogP contribution in [-0.2, 0) is 0 Å². The van der Waals surface area contributed by atoms with E-state index in [1.807, 2.05) is 6.92 Å². The molecule has 0 unspecified atom stereocenters. The highest BCUT2D eigenvalue weighted by Gasteiger charge is 2.38. The first kappa shape index (κ1) is 14.8. The van der Waals surface area contributed by atoms with Crippen LogP contribution in [0, 0.1) is 5.92 Å². The van der Waals surface area contributed by atoms with Gasteiger partial charge in [0.2, 0.25) is 0 Å². The van der Waals surface area contributed by atoms with Crippen LogP contribution >= 0.6 is 15.9 Å². The molecule has 0 radical (unpaired) electrons. The quantitative estimate of drug-likeness (QED) is 0.703. The number of allylic oxidation sites excluding steroid dienone is 2. The van der Waals surface area contributed by atoms with Crippen LogP contribution in [0.3, 0.4) is 0 Å².